The summed E-state index contributed by atoms with van der Waals surface area (Å²) in [4.78, 5) is 0. The summed E-state index contributed by atoms with van der Waals surface area (Å²) < 4.78 is 50.2. The van der Waals surface area contributed by atoms with Gasteiger partial charge in [0.15, 0.2) is 0 Å². The Kier molecular flexibility index (Phi) is 4.42. The van der Waals surface area contributed by atoms with Crippen LogP contribution < -0.4 is 4.74 Å². The summed E-state index contributed by atoms with van der Waals surface area (Å²) in [6.45, 7) is -0.722. The molecule has 0 bridgehead atoms. The van der Waals surface area contributed by atoms with Crippen LogP contribution in [0.4, 0.5) is 0 Å². The van der Waals surface area contributed by atoms with Crippen LogP contribution in [0.1, 0.15) is 18.0 Å². The van der Waals surface area contributed by atoms with Crippen molar-refractivity contribution in [3.8, 4) is 17.2 Å². The van der Waals surface area contributed by atoms with Gasteiger partial charge in [0.2, 0.25) is 6.29 Å². The number of benzene rings is 2. The number of hydrogen-bond donors (Lipinski definition) is 6. The summed E-state index contributed by atoms with van der Waals surface area (Å²) in [5.41, 5.74) is 0.0710. The maximum Gasteiger partial charge on any atom is 0.229 e. The first-order valence-electron chi connectivity index (χ1n) is 10.8. The van der Waals surface area contributed by atoms with Crippen LogP contribution in [0.2, 0.25) is 0 Å². The summed E-state index contributed by atoms with van der Waals surface area (Å²) in [6.07, 6.45) is -5.71. The van der Waals surface area contributed by atoms with Gasteiger partial charge in [-0.3, -0.25) is 0 Å². The van der Waals surface area contributed by atoms with Gasteiger partial charge in [0.1, 0.15) is 41.7 Å². The van der Waals surface area contributed by atoms with Crippen molar-refractivity contribution in [2.75, 3.05) is 6.61 Å². The molecule has 2 aromatic carbocycles. The predicted octanol–water partition coefficient (Wildman–Crippen LogP) is 0.447. The average molecular weight is 395 g/mol. The van der Waals surface area contributed by atoms with Gasteiger partial charge in [0.05, 0.1) is 13.5 Å². The van der Waals surface area contributed by atoms with Gasteiger partial charge in [-0.1, -0.05) is 24.3 Å². The molecule has 0 radical (unpaired) electrons. The lowest BCUT2D eigenvalue weighted by atomic mass is 9.99. The fourth-order valence-electron chi connectivity index (χ4n) is 2.54. The van der Waals surface area contributed by atoms with Crippen LogP contribution in [0.25, 0.3) is 12.2 Å². The van der Waals surface area contributed by atoms with Crippen molar-refractivity contribution in [1.82, 2.24) is 0 Å². The topological polar surface area (TPSA) is 140 Å². The highest BCUT2D eigenvalue weighted by Gasteiger charge is 2.44. The van der Waals surface area contributed by atoms with E-state index < -0.39 is 72.7 Å². The lowest BCUT2D eigenvalue weighted by Crippen LogP contribution is -2.60. The van der Waals surface area contributed by atoms with E-state index in [2.05, 4.69) is 0 Å². The van der Waals surface area contributed by atoms with E-state index in [1.807, 2.05) is 0 Å². The first-order valence-corrected chi connectivity index (χ1v) is 8.26. The average Bonchev–Trinajstić information content (AvgIpc) is 2.78. The minimum Gasteiger partial charge on any atom is -0.508 e. The van der Waals surface area contributed by atoms with Crippen molar-refractivity contribution in [1.29, 1.82) is 0 Å². The number of hydrogen-bond acceptors (Lipinski definition) is 8. The molecule has 1 aliphatic rings. The summed E-state index contributed by atoms with van der Waals surface area (Å²) in [7, 11) is 0. The molecule has 1 saturated heterocycles. The standard InChI is InChI=1S/C20H22O8/c21-10-16-17(24)18(25)19(26)20(28-16)27-15-8-12(7-14(23)9-15)2-1-11-3-5-13(22)6-4-11/h1-9,16-26H,10H2/b2-1+/t16?,17-,18+,19?,20-/m1/s1/i5D,6D,7D,8D,9D. The molecule has 0 spiro atoms. The van der Waals surface area contributed by atoms with E-state index in [0.717, 1.165) is 0 Å². The Labute approximate surface area is 168 Å². The highest BCUT2D eigenvalue weighted by molar-refractivity contribution is 5.71. The molecule has 8 heteroatoms. The molecule has 150 valence electrons. The molecule has 2 unspecified atom stereocenters. The number of rotatable bonds is 5. The fraction of sp³-hybridized carbons (Fsp3) is 0.300. The van der Waals surface area contributed by atoms with Crippen LogP contribution in [0.15, 0.2) is 42.3 Å². The zero-order chi connectivity index (χ0) is 24.6. The normalized spacial score (nSPS) is 30.3. The molecule has 6 N–H and O–H groups in total. The molecule has 0 aromatic heterocycles. The quantitative estimate of drug-likeness (QED) is 0.401. The Morgan fingerprint density at radius 2 is 1.61 bits per heavy atom. The second kappa shape index (κ2) is 8.59. The third-order valence-corrected chi connectivity index (χ3v) is 4.01. The van der Waals surface area contributed by atoms with Gasteiger partial charge in [-0.15, -0.1) is 0 Å². The zero-order valence-corrected chi connectivity index (χ0v) is 14.4. The number of aliphatic hydroxyl groups is 4. The van der Waals surface area contributed by atoms with Crippen LogP contribution in [0, 0.1) is 0 Å². The Morgan fingerprint density at radius 3 is 2.29 bits per heavy atom. The van der Waals surface area contributed by atoms with Crippen molar-refractivity contribution in [3.63, 3.8) is 0 Å². The second-order valence-corrected chi connectivity index (χ2v) is 6.04. The molecular formula is C20H22O8. The summed E-state index contributed by atoms with van der Waals surface area (Å²) in [5.74, 6) is -1.96. The predicted molar refractivity (Wildman–Crippen MR) is 99.5 cm³/mol. The van der Waals surface area contributed by atoms with Gasteiger partial charge in [0.25, 0.3) is 0 Å². The van der Waals surface area contributed by atoms with Gasteiger partial charge in [-0.05, 0) is 35.3 Å². The lowest BCUT2D eigenvalue weighted by Gasteiger charge is -2.39. The molecule has 0 amide bonds. The minimum absolute atomic E-state index is 0.214. The highest BCUT2D eigenvalue weighted by Crippen LogP contribution is 2.28. The fourth-order valence-corrected chi connectivity index (χ4v) is 2.54. The SMILES string of the molecule is [2H]c1cc(/C=C/c2c([2H])c(O)c([2H])c(O[C@@H]3OC(CO)[C@@H](O)[C@H](O)C3O)c2[2H])cc([2H])c1O. The Bertz CT molecular complexity index is 1050. The number of aromatic hydroxyl groups is 2. The first-order chi connectivity index (χ1) is 15.5. The molecular weight excluding hydrogens is 368 g/mol. The molecule has 28 heavy (non-hydrogen) atoms. The van der Waals surface area contributed by atoms with E-state index in [1.54, 1.807) is 0 Å². The molecule has 0 aliphatic carbocycles. The van der Waals surface area contributed by atoms with Crippen molar-refractivity contribution in [2.45, 2.75) is 30.7 Å². The summed E-state index contributed by atoms with van der Waals surface area (Å²) in [6, 6.07) is -0.0378. The van der Waals surface area contributed by atoms with E-state index in [1.165, 1.54) is 24.3 Å². The molecule has 0 saturated carbocycles. The lowest BCUT2D eigenvalue weighted by molar-refractivity contribution is -0.277. The van der Waals surface area contributed by atoms with E-state index in [9.17, 15) is 30.6 Å². The number of phenolic OH excluding ortho intramolecular Hbond substituents is 2. The van der Waals surface area contributed by atoms with Crippen LogP contribution in [0.3, 0.4) is 0 Å². The summed E-state index contributed by atoms with van der Waals surface area (Å²) in [5, 5.41) is 59.0. The number of phenols is 2. The number of ether oxygens (including phenoxy) is 2. The van der Waals surface area contributed by atoms with Crippen molar-refractivity contribution < 1.29 is 47.0 Å². The Hall–Kier alpha value is -2.62. The second-order valence-electron chi connectivity index (χ2n) is 6.04. The van der Waals surface area contributed by atoms with Gasteiger partial charge >= 0.3 is 0 Å². The van der Waals surface area contributed by atoms with E-state index >= 15 is 0 Å². The van der Waals surface area contributed by atoms with Crippen molar-refractivity contribution in [2.24, 2.45) is 0 Å². The van der Waals surface area contributed by atoms with Crippen LogP contribution in [-0.2, 0) is 4.74 Å². The largest absolute Gasteiger partial charge is 0.508 e. The highest BCUT2D eigenvalue weighted by atomic mass is 16.7. The maximum atomic E-state index is 10.2. The third kappa shape index (κ3) is 4.61. The molecule has 1 fully saturated rings. The molecule has 3 rings (SSSR count). The van der Waals surface area contributed by atoms with E-state index in [0.29, 0.717) is 0 Å². The van der Waals surface area contributed by atoms with Crippen LogP contribution in [-0.4, -0.2) is 68.0 Å². The van der Waals surface area contributed by atoms with Gasteiger partial charge < -0.3 is 40.1 Å². The first kappa shape index (κ1) is 14.4. The minimum atomic E-state index is -1.82. The van der Waals surface area contributed by atoms with Gasteiger partial charge in [-0.25, -0.2) is 0 Å². The zero-order valence-electron chi connectivity index (χ0n) is 19.4. The number of aliphatic hydroxyl groups excluding tert-OH is 4. The summed E-state index contributed by atoms with van der Waals surface area (Å²) >= 11 is 0. The third-order valence-electron chi connectivity index (χ3n) is 4.01. The van der Waals surface area contributed by atoms with E-state index in [4.69, 9.17) is 16.3 Å². The van der Waals surface area contributed by atoms with Crippen molar-refractivity contribution >= 4 is 12.2 Å². The smallest absolute Gasteiger partial charge is 0.229 e. The molecule has 1 heterocycles. The van der Waals surface area contributed by atoms with E-state index in [-0.39, 0.29) is 23.2 Å². The van der Waals surface area contributed by atoms with Gasteiger partial charge in [0, 0.05) is 6.04 Å². The molecule has 2 aromatic rings. The van der Waals surface area contributed by atoms with Crippen molar-refractivity contribution in [3.05, 3.63) is 53.5 Å². The van der Waals surface area contributed by atoms with Crippen LogP contribution >= 0.6 is 0 Å². The van der Waals surface area contributed by atoms with Gasteiger partial charge in [-0.2, -0.15) is 0 Å². The monoisotopic (exact) mass is 395 g/mol. The molecule has 8 nitrogen and oxygen atoms in total. The Balaban J connectivity index is 1.99. The maximum absolute atomic E-state index is 10.2. The van der Waals surface area contributed by atoms with Crippen LogP contribution in [0.5, 0.6) is 17.2 Å². The molecule has 1 aliphatic heterocycles. The Morgan fingerprint density at radius 1 is 0.929 bits per heavy atom. The molecule has 5 atom stereocenters.